The van der Waals surface area contributed by atoms with Crippen LogP contribution in [-0.2, 0) is 19.3 Å². The number of benzene rings is 2. The third-order valence-electron chi connectivity index (χ3n) is 4.21. The topological polar surface area (TPSA) is 76.8 Å². The molecular formula is C20H28N4. The van der Waals surface area contributed by atoms with Crippen molar-refractivity contribution < 1.29 is 0 Å². The quantitative estimate of drug-likeness (QED) is 0.727. The highest BCUT2D eigenvalue weighted by Gasteiger charge is 2.02. The summed E-state index contributed by atoms with van der Waals surface area (Å²) in [6.07, 6.45) is 2.69. The normalized spacial score (nSPS) is 11.3. The summed E-state index contributed by atoms with van der Waals surface area (Å²) in [7, 11) is 0. The molecular weight excluding hydrogens is 296 g/mol. The van der Waals surface area contributed by atoms with Crippen LogP contribution in [0.4, 0.5) is 5.69 Å². The molecule has 0 aliphatic heterocycles. The fraction of sp³-hybridized carbons (Fsp3) is 0.400. The van der Waals surface area contributed by atoms with Gasteiger partial charge in [-0.05, 0) is 80.1 Å². The molecule has 0 saturated carbocycles. The molecule has 2 aromatic rings. The van der Waals surface area contributed by atoms with Crippen LogP contribution in [0.3, 0.4) is 0 Å². The van der Waals surface area contributed by atoms with E-state index in [1.807, 2.05) is 0 Å². The molecule has 0 unspecified atom stereocenters. The van der Waals surface area contributed by atoms with E-state index in [0.29, 0.717) is 19.6 Å². The highest BCUT2D eigenvalue weighted by molar-refractivity contribution is 5.47. The molecule has 0 fully saturated rings. The predicted octanol–water partition coefficient (Wildman–Crippen LogP) is 3.63. The maximum atomic E-state index is 5.64. The van der Waals surface area contributed by atoms with Gasteiger partial charge in [-0.3, -0.25) is 0 Å². The monoisotopic (exact) mass is 324 g/mol. The Bertz CT molecular complexity index is 692. The third-order valence-corrected chi connectivity index (χ3v) is 4.21. The average molecular weight is 324 g/mol. The van der Waals surface area contributed by atoms with Crippen molar-refractivity contribution in [1.82, 2.24) is 0 Å². The van der Waals surface area contributed by atoms with Crippen molar-refractivity contribution in [2.45, 2.75) is 33.1 Å². The van der Waals surface area contributed by atoms with Crippen molar-refractivity contribution in [2.75, 3.05) is 19.6 Å². The Kier molecular flexibility index (Phi) is 7.09. The van der Waals surface area contributed by atoms with E-state index in [4.69, 9.17) is 11.5 Å². The zero-order valence-electron chi connectivity index (χ0n) is 14.8. The van der Waals surface area contributed by atoms with Crippen molar-refractivity contribution in [2.24, 2.45) is 21.7 Å². The van der Waals surface area contributed by atoms with E-state index in [1.165, 1.54) is 22.3 Å². The lowest BCUT2D eigenvalue weighted by Crippen LogP contribution is -2.04. The van der Waals surface area contributed by atoms with Crippen molar-refractivity contribution in [3.8, 4) is 0 Å². The maximum Gasteiger partial charge on any atom is 0.0884 e. The van der Waals surface area contributed by atoms with E-state index in [0.717, 1.165) is 30.5 Å². The minimum Gasteiger partial charge on any atom is -0.330 e. The standard InChI is InChI=1S/C20H28N4/c1-15-3-5-17(7-10-21)13-19(15)9-12-23-24-20-14-18(8-11-22)6-4-16(20)2/h3-6,13-14H,7-12,21-22H2,1-2H3. The molecule has 0 spiro atoms. The van der Waals surface area contributed by atoms with E-state index in [1.54, 1.807) is 0 Å². The van der Waals surface area contributed by atoms with Gasteiger partial charge in [0.15, 0.2) is 0 Å². The lowest BCUT2D eigenvalue weighted by molar-refractivity contribution is 0.887. The van der Waals surface area contributed by atoms with Crippen LogP contribution in [0.1, 0.15) is 27.8 Å². The highest BCUT2D eigenvalue weighted by atomic mass is 15.1. The van der Waals surface area contributed by atoms with Crippen LogP contribution in [0.2, 0.25) is 0 Å². The lowest BCUT2D eigenvalue weighted by Gasteiger charge is -2.07. The molecule has 128 valence electrons. The Morgan fingerprint density at radius 3 is 2.08 bits per heavy atom. The van der Waals surface area contributed by atoms with Gasteiger partial charge in [0.1, 0.15) is 0 Å². The first-order valence-corrected chi connectivity index (χ1v) is 8.59. The third kappa shape index (κ3) is 5.25. The Morgan fingerprint density at radius 2 is 1.42 bits per heavy atom. The van der Waals surface area contributed by atoms with Crippen molar-refractivity contribution in [3.05, 3.63) is 64.2 Å². The predicted molar refractivity (Wildman–Crippen MR) is 101 cm³/mol. The van der Waals surface area contributed by atoms with Crippen LogP contribution in [0, 0.1) is 13.8 Å². The van der Waals surface area contributed by atoms with Gasteiger partial charge in [-0.1, -0.05) is 30.3 Å². The summed E-state index contributed by atoms with van der Waals surface area (Å²) < 4.78 is 0. The minimum absolute atomic E-state index is 0.651. The minimum atomic E-state index is 0.651. The van der Waals surface area contributed by atoms with Gasteiger partial charge in [0.05, 0.1) is 12.2 Å². The summed E-state index contributed by atoms with van der Waals surface area (Å²) in [5.74, 6) is 0. The average Bonchev–Trinajstić information content (AvgIpc) is 2.57. The molecule has 0 aromatic heterocycles. The number of hydrogen-bond donors (Lipinski definition) is 2. The molecule has 0 radical (unpaired) electrons. The molecule has 2 rings (SSSR count). The highest BCUT2D eigenvalue weighted by Crippen LogP contribution is 2.21. The fourth-order valence-corrected chi connectivity index (χ4v) is 2.70. The number of azo groups is 1. The summed E-state index contributed by atoms with van der Waals surface area (Å²) >= 11 is 0. The van der Waals surface area contributed by atoms with Gasteiger partial charge >= 0.3 is 0 Å². The molecule has 4 N–H and O–H groups in total. The number of hydrogen-bond acceptors (Lipinski definition) is 4. The zero-order chi connectivity index (χ0) is 17.4. The van der Waals surface area contributed by atoms with Crippen LogP contribution >= 0.6 is 0 Å². The molecule has 0 bridgehead atoms. The second-order valence-corrected chi connectivity index (χ2v) is 6.17. The van der Waals surface area contributed by atoms with Gasteiger partial charge in [-0.2, -0.15) is 10.2 Å². The maximum absolute atomic E-state index is 5.64. The Morgan fingerprint density at radius 1 is 0.792 bits per heavy atom. The Balaban J connectivity index is 2.00. The smallest absolute Gasteiger partial charge is 0.0884 e. The number of rotatable bonds is 8. The van der Waals surface area contributed by atoms with E-state index in [2.05, 4.69) is 60.5 Å². The van der Waals surface area contributed by atoms with Crippen molar-refractivity contribution in [1.29, 1.82) is 0 Å². The zero-order valence-corrected chi connectivity index (χ0v) is 14.8. The van der Waals surface area contributed by atoms with Gasteiger partial charge in [0, 0.05) is 0 Å². The SMILES string of the molecule is Cc1ccc(CCN)cc1CCN=Nc1cc(CCN)ccc1C. The van der Waals surface area contributed by atoms with Gasteiger partial charge in [-0.15, -0.1) is 0 Å². The summed E-state index contributed by atoms with van der Waals surface area (Å²) in [6.45, 7) is 6.21. The van der Waals surface area contributed by atoms with Crippen molar-refractivity contribution >= 4 is 5.69 Å². The van der Waals surface area contributed by atoms with Crippen LogP contribution in [0.15, 0.2) is 46.6 Å². The first-order chi connectivity index (χ1) is 11.6. The molecule has 0 aliphatic rings. The van der Waals surface area contributed by atoms with Crippen LogP contribution in [-0.4, -0.2) is 19.6 Å². The van der Waals surface area contributed by atoms with Gasteiger partial charge in [0.25, 0.3) is 0 Å². The van der Waals surface area contributed by atoms with E-state index in [-0.39, 0.29) is 0 Å². The molecule has 0 saturated heterocycles. The van der Waals surface area contributed by atoms with Crippen molar-refractivity contribution in [3.63, 3.8) is 0 Å². The van der Waals surface area contributed by atoms with E-state index < -0.39 is 0 Å². The molecule has 0 atom stereocenters. The fourth-order valence-electron chi connectivity index (χ4n) is 2.70. The first-order valence-electron chi connectivity index (χ1n) is 8.59. The van der Waals surface area contributed by atoms with Crippen LogP contribution in [0.25, 0.3) is 0 Å². The molecule has 0 amide bonds. The molecule has 0 heterocycles. The largest absolute Gasteiger partial charge is 0.330 e. The van der Waals surface area contributed by atoms with Crippen LogP contribution < -0.4 is 11.5 Å². The Hall–Kier alpha value is -2.04. The lowest BCUT2D eigenvalue weighted by atomic mass is 10.0. The second-order valence-electron chi connectivity index (χ2n) is 6.17. The second kappa shape index (κ2) is 9.30. The summed E-state index contributed by atoms with van der Waals surface area (Å²) in [5, 5.41) is 8.80. The van der Waals surface area contributed by atoms with Gasteiger partial charge < -0.3 is 11.5 Å². The molecule has 0 aliphatic carbocycles. The number of aryl methyl sites for hydroxylation is 2. The van der Waals surface area contributed by atoms with Gasteiger partial charge in [0.2, 0.25) is 0 Å². The first kappa shape index (κ1) is 18.3. The molecule has 4 heteroatoms. The van der Waals surface area contributed by atoms with E-state index in [9.17, 15) is 0 Å². The number of nitrogens with zero attached hydrogens (tertiary/aromatic N) is 2. The molecule has 2 aromatic carbocycles. The number of nitrogens with two attached hydrogens (primary N) is 2. The molecule has 4 nitrogen and oxygen atoms in total. The summed E-state index contributed by atoms with van der Waals surface area (Å²) in [5.41, 5.74) is 18.5. The van der Waals surface area contributed by atoms with Gasteiger partial charge in [-0.25, -0.2) is 0 Å². The summed E-state index contributed by atoms with van der Waals surface area (Å²) in [6, 6.07) is 12.8. The molecule has 24 heavy (non-hydrogen) atoms. The Labute approximate surface area is 145 Å². The van der Waals surface area contributed by atoms with Crippen LogP contribution in [0.5, 0.6) is 0 Å². The van der Waals surface area contributed by atoms with E-state index >= 15 is 0 Å². The summed E-state index contributed by atoms with van der Waals surface area (Å²) in [4.78, 5) is 0.